The molecule has 0 unspecified atom stereocenters. The number of nitrogens with one attached hydrogen (secondary N) is 1. The van der Waals surface area contributed by atoms with E-state index < -0.39 is 0 Å². The third-order valence-corrected chi connectivity index (χ3v) is 5.69. The van der Waals surface area contributed by atoms with Crippen LogP contribution in [0.5, 0.6) is 0 Å². The van der Waals surface area contributed by atoms with E-state index in [-0.39, 0.29) is 12.1 Å². The van der Waals surface area contributed by atoms with Crippen molar-refractivity contribution < 1.29 is 9.90 Å². The molecule has 2 saturated heterocycles. The van der Waals surface area contributed by atoms with Gasteiger partial charge >= 0.3 is 0 Å². The highest BCUT2D eigenvalue weighted by Crippen LogP contribution is 2.34. The van der Waals surface area contributed by atoms with Gasteiger partial charge in [0.1, 0.15) is 0 Å². The van der Waals surface area contributed by atoms with Gasteiger partial charge in [-0.1, -0.05) is 12.8 Å². The van der Waals surface area contributed by atoms with E-state index in [0.717, 1.165) is 38.3 Å². The van der Waals surface area contributed by atoms with E-state index in [1.807, 2.05) is 11.8 Å². The van der Waals surface area contributed by atoms with E-state index in [9.17, 15) is 9.90 Å². The summed E-state index contributed by atoms with van der Waals surface area (Å²) in [4.78, 5) is 14.6. The maximum absolute atomic E-state index is 12.6. The van der Waals surface area contributed by atoms with Gasteiger partial charge in [0.25, 0.3) is 0 Å². The second kappa shape index (κ2) is 6.02. The first-order chi connectivity index (χ1) is 9.65. The van der Waals surface area contributed by atoms with Crippen LogP contribution in [0.3, 0.4) is 0 Å². The molecule has 20 heavy (non-hydrogen) atoms. The van der Waals surface area contributed by atoms with Gasteiger partial charge < -0.3 is 15.3 Å². The maximum Gasteiger partial charge on any atom is 0.239 e. The summed E-state index contributed by atoms with van der Waals surface area (Å²) in [6.45, 7) is 3.51. The van der Waals surface area contributed by atoms with Gasteiger partial charge in [0.15, 0.2) is 0 Å². The fourth-order valence-corrected chi connectivity index (χ4v) is 4.33. The number of hydrogen-bond donors (Lipinski definition) is 2. The lowest BCUT2D eigenvalue weighted by molar-refractivity contribution is -0.135. The van der Waals surface area contributed by atoms with Crippen molar-refractivity contribution in [1.29, 1.82) is 0 Å². The van der Waals surface area contributed by atoms with Crippen LogP contribution in [0.2, 0.25) is 0 Å². The summed E-state index contributed by atoms with van der Waals surface area (Å²) in [6.07, 6.45) is 7.90. The van der Waals surface area contributed by atoms with Gasteiger partial charge in [-0.2, -0.15) is 0 Å². The molecule has 0 aromatic carbocycles. The Bertz CT molecular complexity index is 336. The standard InChI is InChI=1S/C16H28N2O2/c1-11(19)12-6-8-18(9-7-12)16(20)15-10-13-4-2-3-5-14(13)17-15/h11-15,17,19H,2-10H2,1H3/t11-,13+,14+,15-/m0/s1. The molecule has 0 aromatic heterocycles. The topological polar surface area (TPSA) is 52.6 Å². The number of amides is 1. The van der Waals surface area contributed by atoms with Crippen LogP contribution in [0.15, 0.2) is 0 Å². The van der Waals surface area contributed by atoms with E-state index >= 15 is 0 Å². The Morgan fingerprint density at radius 3 is 2.55 bits per heavy atom. The van der Waals surface area contributed by atoms with E-state index in [4.69, 9.17) is 0 Å². The van der Waals surface area contributed by atoms with Crippen LogP contribution in [0.25, 0.3) is 0 Å². The minimum absolute atomic E-state index is 0.0613. The van der Waals surface area contributed by atoms with Gasteiger partial charge in [-0.15, -0.1) is 0 Å². The summed E-state index contributed by atoms with van der Waals surface area (Å²) in [7, 11) is 0. The van der Waals surface area contributed by atoms with Gasteiger partial charge in [-0.3, -0.25) is 4.79 Å². The zero-order valence-corrected chi connectivity index (χ0v) is 12.6. The zero-order valence-electron chi connectivity index (χ0n) is 12.6. The van der Waals surface area contributed by atoms with Crippen LogP contribution in [0, 0.1) is 11.8 Å². The van der Waals surface area contributed by atoms with Crippen molar-refractivity contribution >= 4 is 5.91 Å². The number of likely N-dealkylation sites (tertiary alicyclic amines) is 1. The van der Waals surface area contributed by atoms with Gasteiger partial charge in [0.2, 0.25) is 5.91 Å². The van der Waals surface area contributed by atoms with Crippen molar-refractivity contribution in [3.05, 3.63) is 0 Å². The molecule has 0 bridgehead atoms. The molecule has 3 aliphatic rings. The Morgan fingerprint density at radius 1 is 1.20 bits per heavy atom. The number of carbonyl (C=O) groups is 1. The highest BCUT2D eigenvalue weighted by molar-refractivity contribution is 5.82. The molecule has 0 spiro atoms. The summed E-state index contributed by atoms with van der Waals surface area (Å²) in [6, 6.07) is 0.652. The van der Waals surface area contributed by atoms with Crippen molar-refractivity contribution in [2.24, 2.45) is 11.8 Å². The molecule has 4 atom stereocenters. The SMILES string of the molecule is C[C@H](O)C1CCN(C(=O)[C@@H]2C[C@H]3CCCC[C@H]3N2)CC1. The van der Waals surface area contributed by atoms with Gasteiger partial charge in [-0.25, -0.2) is 0 Å². The van der Waals surface area contributed by atoms with Crippen molar-refractivity contribution in [3.8, 4) is 0 Å². The third kappa shape index (κ3) is 2.86. The zero-order chi connectivity index (χ0) is 14.1. The lowest BCUT2D eigenvalue weighted by atomic mass is 9.85. The highest BCUT2D eigenvalue weighted by atomic mass is 16.3. The molecule has 3 rings (SSSR count). The number of piperidine rings is 1. The highest BCUT2D eigenvalue weighted by Gasteiger charge is 2.40. The Balaban J connectivity index is 1.52. The predicted octanol–water partition coefficient (Wildman–Crippen LogP) is 1.53. The minimum Gasteiger partial charge on any atom is -0.393 e. The second-order valence-corrected chi connectivity index (χ2v) is 7.01. The smallest absolute Gasteiger partial charge is 0.239 e. The van der Waals surface area contributed by atoms with Gasteiger partial charge in [0.05, 0.1) is 12.1 Å². The first-order valence-electron chi connectivity index (χ1n) is 8.38. The molecule has 2 heterocycles. The number of hydrogen-bond acceptors (Lipinski definition) is 3. The molecular weight excluding hydrogens is 252 g/mol. The number of nitrogens with zero attached hydrogens (tertiary/aromatic N) is 1. The molecule has 2 N–H and O–H groups in total. The first-order valence-corrected chi connectivity index (χ1v) is 8.38. The molecule has 4 nitrogen and oxygen atoms in total. The lowest BCUT2D eigenvalue weighted by Gasteiger charge is -2.34. The average Bonchev–Trinajstić information content (AvgIpc) is 2.90. The number of aliphatic hydroxyl groups excluding tert-OH is 1. The summed E-state index contributed by atoms with van der Waals surface area (Å²) < 4.78 is 0. The molecule has 0 aromatic rings. The molecular formula is C16H28N2O2. The monoisotopic (exact) mass is 280 g/mol. The Hall–Kier alpha value is -0.610. The minimum atomic E-state index is -0.236. The maximum atomic E-state index is 12.6. The van der Waals surface area contributed by atoms with E-state index in [1.165, 1.54) is 25.7 Å². The van der Waals surface area contributed by atoms with Crippen LogP contribution in [-0.2, 0) is 4.79 Å². The lowest BCUT2D eigenvalue weighted by Crippen LogP contribution is -2.49. The van der Waals surface area contributed by atoms with Gasteiger partial charge in [-0.05, 0) is 50.9 Å². The van der Waals surface area contributed by atoms with Gasteiger partial charge in [0, 0.05) is 19.1 Å². The molecule has 2 aliphatic heterocycles. The first kappa shape index (κ1) is 14.3. The summed E-state index contributed by atoms with van der Waals surface area (Å²) >= 11 is 0. The molecule has 3 fully saturated rings. The third-order valence-electron chi connectivity index (χ3n) is 5.69. The second-order valence-electron chi connectivity index (χ2n) is 7.01. The molecule has 1 aliphatic carbocycles. The largest absolute Gasteiger partial charge is 0.393 e. The number of fused-ring (bicyclic) bond motifs is 1. The van der Waals surface area contributed by atoms with Crippen molar-refractivity contribution in [2.75, 3.05) is 13.1 Å². The Kier molecular flexibility index (Phi) is 4.32. The van der Waals surface area contributed by atoms with E-state index in [2.05, 4.69) is 5.32 Å². The fraction of sp³-hybridized carbons (Fsp3) is 0.938. The molecule has 4 heteroatoms. The van der Waals surface area contributed by atoms with Crippen LogP contribution in [0.1, 0.15) is 51.9 Å². The number of aliphatic hydroxyl groups is 1. The normalized spacial score (nSPS) is 36.7. The van der Waals surface area contributed by atoms with Crippen LogP contribution >= 0.6 is 0 Å². The van der Waals surface area contributed by atoms with Crippen molar-refractivity contribution in [1.82, 2.24) is 10.2 Å². The summed E-state index contributed by atoms with van der Waals surface area (Å²) in [5.74, 6) is 1.41. The van der Waals surface area contributed by atoms with Crippen LogP contribution in [-0.4, -0.2) is 47.2 Å². The van der Waals surface area contributed by atoms with Crippen LogP contribution in [0.4, 0.5) is 0 Å². The average molecular weight is 280 g/mol. The molecule has 0 radical (unpaired) electrons. The quantitative estimate of drug-likeness (QED) is 0.806. The summed E-state index contributed by atoms with van der Waals surface area (Å²) in [5.41, 5.74) is 0. The predicted molar refractivity (Wildman–Crippen MR) is 78.3 cm³/mol. The Morgan fingerprint density at radius 2 is 1.90 bits per heavy atom. The fourth-order valence-electron chi connectivity index (χ4n) is 4.33. The van der Waals surface area contributed by atoms with Crippen molar-refractivity contribution in [2.45, 2.75) is 70.1 Å². The molecule has 114 valence electrons. The number of carbonyl (C=O) groups excluding carboxylic acids is 1. The van der Waals surface area contributed by atoms with E-state index in [1.54, 1.807) is 0 Å². The summed E-state index contributed by atoms with van der Waals surface area (Å²) in [5, 5.41) is 13.2. The Labute approximate surface area is 121 Å². The molecule has 1 saturated carbocycles. The van der Waals surface area contributed by atoms with Crippen LogP contribution < -0.4 is 5.32 Å². The molecule has 1 amide bonds. The van der Waals surface area contributed by atoms with E-state index in [0.29, 0.717) is 17.9 Å². The van der Waals surface area contributed by atoms with Crippen molar-refractivity contribution in [3.63, 3.8) is 0 Å². The number of rotatable bonds is 2.